The number of carbonyl (C=O) groups is 1. The number of halogens is 3. The van der Waals surface area contributed by atoms with Crippen LogP contribution in [0.25, 0.3) is 0 Å². The molecule has 0 unspecified atom stereocenters. The summed E-state index contributed by atoms with van der Waals surface area (Å²) in [6, 6.07) is 2.87. The van der Waals surface area contributed by atoms with Gasteiger partial charge in [0.15, 0.2) is 0 Å². The third-order valence-corrected chi connectivity index (χ3v) is 2.56. The zero-order valence-electron chi connectivity index (χ0n) is 11.7. The number of alkyl halides is 3. The van der Waals surface area contributed by atoms with Crippen molar-refractivity contribution in [2.45, 2.75) is 19.7 Å². The van der Waals surface area contributed by atoms with Crippen molar-refractivity contribution in [3.8, 4) is 5.75 Å². The van der Waals surface area contributed by atoms with Crippen molar-refractivity contribution in [1.29, 1.82) is 0 Å². The molecule has 0 bridgehead atoms. The molecule has 0 saturated carbocycles. The summed E-state index contributed by atoms with van der Waals surface area (Å²) in [5.74, 6) is -0.603. The van der Waals surface area contributed by atoms with Gasteiger partial charge in [0.1, 0.15) is 17.9 Å². The third-order valence-electron chi connectivity index (χ3n) is 2.56. The summed E-state index contributed by atoms with van der Waals surface area (Å²) in [5, 5.41) is 0. The Morgan fingerprint density at radius 3 is 2.43 bits per heavy atom. The predicted octanol–water partition coefficient (Wildman–Crippen LogP) is 2.80. The number of hydrogen-bond acceptors (Lipinski definition) is 5. The fraction of sp³-hybridized carbons (Fsp3) is 0.462. The zero-order valence-corrected chi connectivity index (χ0v) is 11.7. The van der Waals surface area contributed by atoms with Gasteiger partial charge in [0.2, 0.25) is 0 Å². The van der Waals surface area contributed by atoms with E-state index in [1.165, 1.54) is 26.4 Å². The van der Waals surface area contributed by atoms with Gasteiger partial charge in [0.05, 0.1) is 20.8 Å². The Morgan fingerprint density at radius 1 is 1.24 bits per heavy atom. The summed E-state index contributed by atoms with van der Waals surface area (Å²) in [7, 11) is 2.51. The largest absolute Gasteiger partial charge is 0.496 e. The molecule has 0 aromatic heterocycles. The monoisotopic (exact) mass is 308 g/mol. The van der Waals surface area contributed by atoms with Crippen molar-refractivity contribution < 1.29 is 37.2 Å². The van der Waals surface area contributed by atoms with E-state index in [0.717, 1.165) is 0 Å². The van der Waals surface area contributed by atoms with Crippen LogP contribution in [0.1, 0.15) is 21.5 Å². The molecule has 0 fully saturated rings. The van der Waals surface area contributed by atoms with Gasteiger partial charge in [-0.1, -0.05) is 0 Å². The molecule has 1 aromatic carbocycles. The molecule has 0 spiro atoms. The molecule has 0 atom stereocenters. The highest BCUT2D eigenvalue weighted by Crippen LogP contribution is 2.25. The van der Waals surface area contributed by atoms with Gasteiger partial charge in [-0.2, -0.15) is 18.1 Å². The van der Waals surface area contributed by atoms with Crippen molar-refractivity contribution >= 4 is 5.97 Å². The standard InChI is InChI=1S/C13H15F3O5/c1-8-4-10(12(17)21-19-3)11(18-2)5-9(8)6-20-7-13(14,15)16/h4-5H,6-7H2,1-3H3. The minimum absolute atomic E-state index is 0.108. The molecular formula is C13H15F3O5. The Morgan fingerprint density at radius 2 is 1.90 bits per heavy atom. The zero-order chi connectivity index (χ0) is 16.0. The number of benzene rings is 1. The molecule has 0 heterocycles. The second-order valence-electron chi connectivity index (χ2n) is 4.12. The van der Waals surface area contributed by atoms with Crippen LogP contribution >= 0.6 is 0 Å². The van der Waals surface area contributed by atoms with Crippen LogP contribution in [0.3, 0.4) is 0 Å². The van der Waals surface area contributed by atoms with Gasteiger partial charge in [-0.25, -0.2) is 4.79 Å². The van der Waals surface area contributed by atoms with E-state index in [9.17, 15) is 18.0 Å². The second kappa shape index (κ2) is 7.28. The summed E-state index contributed by atoms with van der Waals surface area (Å²) >= 11 is 0. The normalized spacial score (nSPS) is 11.3. The van der Waals surface area contributed by atoms with Gasteiger partial charge >= 0.3 is 12.1 Å². The molecule has 118 valence electrons. The highest BCUT2D eigenvalue weighted by molar-refractivity contribution is 5.92. The topological polar surface area (TPSA) is 54.0 Å². The van der Waals surface area contributed by atoms with Crippen molar-refractivity contribution in [2.75, 3.05) is 20.8 Å². The minimum atomic E-state index is -4.39. The first kappa shape index (κ1) is 17.3. The first-order chi connectivity index (χ1) is 9.78. The molecule has 0 amide bonds. The molecule has 0 aliphatic carbocycles. The minimum Gasteiger partial charge on any atom is -0.496 e. The van der Waals surface area contributed by atoms with Gasteiger partial charge in [-0.3, -0.25) is 4.89 Å². The Hall–Kier alpha value is -1.80. The average Bonchev–Trinajstić information content (AvgIpc) is 2.39. The molecule has 0 saturated heterocycles. The molecule has 5 nitrogen and oxygen atoms in total. The highest BCUT2D eigenvalue weighted by Gasteiger charge is 2.27. The number of methoxy groups -OCH3 is 1. The first-order valence-electron chi connectivity index (χ1n) is 5.85. The van der Waals surface area contributed by atoms with Gasteiger partial charge in [-0.05, 0) is 30.2 Å². The molecule has 1 aromatic rings. The van der Waals surface area contributed by atoms with Crippen LogP contribution in [0, 0.1) is 6.92 Å². The quantitative estimate of drug-likeness (QED) is 0.597. The maximum Gasteiger partial charge on any atom is 0.411 e. The summed E-state index contributed by atoms with van der Waals surface area (Å²) in [6.07, 6.45) is -4.39. The van der Waals surface area contributed by atoms with E-state index in [2.05, 4.69) is 14.5 Å². The fourth-order valence-electron chi connectivity index (χ4n) is 1.61. The number of aryl methyl sites for hydroxylation is 1. The Kier molecular flexibility index (Phi) is 5.98. The molecule has 0 aliphatic rings. The lowest BCUT2D eigenvalue weighted by atomic mass is 10.0. The van der Waals surface area contributed by atoms with Crippen LogP contribution in [0.4, 0.5) is 13.2 Å². The molecule has 0 aliphatic heterocycles. The lowest BCUT2D eigenvalue weighted by Gasteiger charge is -2.13. The fourth-order valence-corrected chi connectivity index (χ4v) is 1.61. The molecule has 1 rings (SSSR count). The summed E-state index contributed by atoms with van der Waals surface area (Å²) in [5.41, 5.74) is 1.16. The Bertz CT molecular complexity index is 499. The summed E-state index contributed by atoms with van der Waals surface area (Å²) < 4.78 is 45.7. The van der Waals surface area contributed by atoms with Crippen LogP contribution in [0.2, 0.25) is 0 Å². The van der Waals surface area contributed by atoms with E-state index in [4.69, 9.17) is 4.74 Å². The maximum atomic E-state index is 12.0. The number of ether oxygens (including phenoxy) is 2. The third kappa shape index (κ3) is 5.24. The molecule has 21 heavy (non-hydrogen) atoms. The van der Waals surface area contributed by atoms with Crippen LogP contribution < -0.4 is 4.74 Å². The van der Waals surface area contributed by atoms with Crippen molar-refractivity contribution in [2.24, 2.45) is 0 Å². The smallest absolute Gasteiger partial charge is 0.411 e. The molecule has 8 heteroatoms. The second-order valence-corrected chi connectivity index (χ2v) is 4.12. The lowest BCUT2D eigenvalue weighted by Crippen LogP contribution is -2.17. The van der Waals surface area contributed by atoms with E-state index in [-0.39, 0.29) is 17.9 Å². The predicted molar refractivity (Wildman–Crippen MR) is 65.9 cm³/mol. The van der Waals surface area contributed by atoms with Gasteiger partial charge in [0.25, 0.3) is 0 Å². The van der Waals surface area contributed by atoms with Crippen LogP contribution in [-0.2, 0) is 21.1 Å². The van der Waals surface area contributed by atoms with E-state index >= 15 is 0 Å². The van der Waals surface area contributed by atoms with E-state index < -0.39 is 18.8 Å². The molecule has 0 radical (unpaired) electrons. The molecule has 0 N–H and O–H groups in total. The summed E-state index contributed by atoms with van der Waals surface area (Å²) in [6.45, 7) is 0.0405. The Balaban J connectivity index is 2.91. The van der Waals surface area contributed by atoms with Crippen LogP contribution in [0.15, 0.2) is 12.1 Å². The van der Waals surface area contributed by atoms with Gasteiger partial charge in [-0.15, -0.1) is 0 Å². The summed E-state index contributed by atoms with van der Waals surface area (Å²) in [4.78, 5) is 20.3. The first-order valence-corrected chi connectivity index (χ1v) is 5.85. The van der Waals surface area contributed by atoms with Gasteiger partial charge < -0.3 is 9.47 Å². The average molecular weight is 308 g/mol. The SMILES string of the molecule is COOC(=O)c1cc(C)c(COCC(F)(F)F)cc1OC. The number of hydrogen-bond donors (Lipinski definition) is 0. The molecular weight excluding hydrogens is 293 g/mol. The van der Waals surface area contributed by atoms with Crippen molar-refractivity contribution in [3.05, 3.63) is 28.8 Å². The Labute approximate surface area is 119 Å². The lowest BCUT2D eigenvalue weighted by molar-refractivity contribution is -0.216. The maximum absolute atomic E-state index is 12.0. The highest BCUT2D eigenvalue weighted by atomic mass is 19.4. The number of rotatable bonds is 6. The van der Waals surface area contributed by atoms with Crippen LogP contribution in [0.5, 0.6) is 5.75 Å². The van der Waals surface area contributed by atoms with Crippen LogP contribution in [-0.4, -0.2) is 33.0 Å². The van der Waals surface area contributed by atoms with E-state index in [1.807, 2.05) is 0 Å². The van der Waals surface area contributed by atoms with Gasteiger partial charge in [0, 0.05) is 0 Å². The van der Waals surface area contributed by atoms with E-state index in [1.54, 1.807) is 6.92 Å². The number of carbonyl (C=O) groups excluding carboxylic acids is 1. The van der Waals surface area contributed by atoms with Crippen molar-refractivity contribution in [3.63, 3.8) is 0 Å². The van der Waals surface area contributed by atoms with Crippen molar-refractivity contribution in [1.82, 2.24) is 0 Å². The van der Waals surface area contributed by atoms with E-state index in [0.29, 0.717) is 11.1 Å².